The number of nitriles is 1. The quantitative estimate of drug-likeness (QED) is 0.452. The number of ether oxygens (including phenoxy) is 1. The molecule has 0 heterocycles. The number of aromatic hydroxyl groups is 1. The van der Waals surface area contributed by atoms with E-state index in [-0.39, 0.29) is 5.56 Å². The van der Waals surface area contributed by atoms with E-state index in [0.29, 0.717) is 0 Å². The van der Waals surface area contributed by atoms with Crippen LogP contribution >= 0.6 is 0 Å². The minimum Gasteiger partial charge on any atom is -0.506 e. The van der Waals surface area contributed by atoms with Crippen LogP contribution in [0, 0.1) is 21.4 Å². The third-order valence-corrected chi connectivity index (χ3v) is 1.86. The SMILES string of the molecule is COC(=O)c1ccc(O)c(C#N)c1[N+](=O)[O-]. The van der Waals surface area contributed by atoms with Crippen molar-refractivity contribution in [3.63, 3.8) is 0 Å². The van der Waals surface area contributed by atoms with E-state index in [4.69, 9.17) is 5.26 Å². The van der Waals surface area contributed by atoms with Gasteiger partial charge in [0.2, 0.25) is 0 Å². The molecule has 16 heavy (non-hydrogen) atoms. The summed E-state index contributed by atoms with van der Waals surface area (Å²) >= 11 is 0. The molecule has 0 unspecified atom stereocenters. The summed E-state index contributed by atoms with van der Waals surface area (Å²) in [7, 11) is 1.06. The van der Waals surface area contributed by atoms with Crippen molar-refractivity contribution in [1.82, 2.24) is 0 Å². The fraction of sp³-hybridized carbons (Fsp3) is 0.111. The second-order valence-electron chi connectivity index (χ2n) is 2.72. The Morgan fingerprint density at radius 1 is 1.62 bits per heavy atom. The minimum absolute atomic E-state index is 0.373. The summed E-state index contributed by atoms with van der Waals surface area (Å²) in [6.07, 6.45) is 0. The number of nitrogens with zero attached hydrogens (tertiary/aromatic N) is 2. The summed E-state index contributed by atoms with van der Waals surface area (Å²) in [5.74, 6) is -1.50. The second kappa shape index (κ2) is 4.27. The van der Waals surface area contributed by atoms with Gasteiger partial charge in [-0.2, -0.15) is 5.26 Å². The molecule has 7 nitrogen and oxygen atoms in total. The minimum atomic E-state index is -0.941. The summed E-state index contributed by atoms with van der Waals surface area (Å²) < 4.78 is 4.33. The Hall–Kier alpha value is -2.62. The second-order valence-corrected chi connectivity index (χ2v) is 2.72. The van der Waals surface area contributed by atoms with Crippen molar-refractivity contribution in [2.24, 2.45) is 0 Å². The van der Waals surface area contributed by atoms with E-state index in [1.807, 2.05) is 0 Å². The highest BCUT2D eigenvalue weighted by Crippen LogP contribution is 2.30. The van der Waals surface area contributed by atoms with E-state index in [1.54, 1.807) is 0 Å². The van der Waals surface area contributed by atoms with Gasteiger partial charge in [0.25, 0.3) is 0 Å². The maximum absolute atomic E-state index is 11.2. The molecule has 7 heteroatoms. The molecule has 82 valence electrons. The molecule has 1 aromatic carbocycles. The first-order chi connectivity index (χ1) is 7.52. The molecule has 1 aromatic rings. The molecular weight excluding hydrogens is 216 g/mol. The van der Waals surface area contributed by atoms with E-state index < -0.39 is 27.9 Å². The summed E-state index contributed by atoms with van der Waals surface area (Å²) in [4.78, 5) is 21.0. The molecule has 0 amide bonds. The zero-order chi connectivity index (χ0) is 12.3. The molecule has 0 aromatic heterocycles. The van der Waals surface area contributed by atoms with Crippen LogP contribution in [0.15, 0.2) is 12.1 Å². The Morgan fingerprint density at radius 2 is 2.25 bits per heavy atom. The van der Waals surface area contributed by atoms with Crippen LogP contribution < -0.4 is 0 Å². The number of hydrogen-bond acceptors (Lipinski definition) is 6. The highest BCUT2D eigenvalue weighted by atomic mass is 16.6. The standard InChI is InChI=1S/C9H6N2O5/c1-16-9(13)5-2-3-7(12)6(4-10)8(5)11(14)15/h2-3,12H,1H3. The monoisotopic (exact) mass is 222 g/mol. The van der Waals surface area contributed by atoms with Crippen LogP contribution in [-0.4, -0.2) is 23.1 Å². The number of esters is 1. The van der Waals surface area contributed by atoms with Crippen molar-refractivity contribution >= 4 is 11.7 Å². The average Bonchev–Trinajstić information content (AvgIpc) is 2.27. The molecule has 0 saturated heterocycles. The number of nitro groups is 1. The molecule has 0 radical (unpaired) electrons. The largest absolute Gasteiger partial charge is 0.506 e. The number of carbonyl (C=O) groups excluding carboxylic acids is 1. The van der Waals surface area contributed by atoms with Gasteiger partial charge < -0.3 is 9.84 Å². The van der Waals surface area contributed by atoms with Crippen molar-refractivity contribution in [2.75, 3.05) is 7.11 Å². The molecule has 0 aliphatic heterocycles. The zero-order valence-corrected chi connectivity index (χ0v) is 8.13. The van der Waals surface area contributed by atoms with Crippen LogP contribution in [-0.2, 0) is 4.74 Å². The van der Waals surface area contributed by atoms with Gasteiger partial charge in [0, 0.05) is 0 Å². The van der Waals surface area contributed by atoms with E-state index in [1.165, 1.54) is 6.07 Å². The number of carbonyl (C=O) groups is 1. The van der Waals surface area contributed by atoms with Crippen LogP contribution in [0.25, 0.3) is 0 Å². The first-order valence-corrected chi connectivity index (χ1v) is 4.01. The molecule has 0 saturated carbocycles. The molecule has 1 N–H and O–H groups in total. The Kier molecular flexibility index (Phi) is 3.06. The van der Waals surface area contributed by atoms with Crippen LogP contribution in [0.4, 0.5) is 5.69 Å². The van der Waals surface area contributed by atoms with Gasteiger partial charge in [-0.25, -0.2) is 4.79 Å². The Bertz CT molecular complexity index is 503. The highest BCUT2D eigenvalue weighted by molar-refractivity contribution is 5.95. The van der Waals surface area contributed by atoms with Crippen LogP contribution in [0.1, 0.15) is 15.9 Å². The van der Waals surface area contributed by atoms with Gasteiger partial charge in [0.1, 0.15) is 17.4 Å². The Labute approximate surface area is 89.6 Å². The summed E-state index contributed by atoms with van der Waals surface area (Å²) in [5, 5.41) is 28.6. The summed E-state index contributed by atoms with van der Waals surface area (Å²) in [5.41, 5.74) is -1.69. The third kappa shape index (κ3) is 1.76. The maximum Gasteiger partial charge on any atom is 0.344 e. The lowest BCUT2D eigenvalue weighted by molar-refractivity contribution is -0.385. The number of hydrogen-bond donors (Lipinski definition) is 1. The van der Waals surface area contributed by atoms with Crippen molar-refractivity contribution in [3.05, 3.63) is 33.4 Å². The van der Waals surface area contributed by atoms with E-state index >= 15 is 0 Å². The van der Waals surface area contributed by atoms with E-state index in [0.717, 1.165) is 19.2 Å². The number of phenols is 1. The lowest BCUT2D eigenvalue weighted by Crippen LogP contribution is -2.07. The lowest BCUT2D eigenvalue weighted by Gasteiger charge is -2.03. The van der Waals surface area contributed by atoms with E-state index in [9.17, 15) is 20.0 Å². The van der Waals surface area contributed by atoms with Crippen LogP contribution in [0.5, 0.6) is 5.75 Å². The van der Waals surface area contributed by atoms with Gasteiger partial charge in [0.05, 0.1) is 12.0 Å². The molecule has 0 fully saturated rings. The van der Waals surface area contributed by atoms with Crippen molar-refractivity contribution in [3.8, 4) is 11.8 Å². The van der Waals surface area contributed by atoms with Gasteiger partial charge in [-0.15, -0.1) is 0 Å². The molecule has 0 aliphatic rings. The Balaban J connectivity index is 3.59. The van der Waals surface area contributed by atoms with Gasteiger partial charge in [-0.05, 0) is 12.1 Å². The third-order valence-electron chi connectivity index (χ3n) is 1.86. The van der Waals surface area contributed by atoms with Crippen molar-refractivity contribution in [2.45, 2.75) is 0 Å². The molecular formula is C9H6N2O5. The first kappa shape index (κ1) is 11.5. The molecule has 0 spiro atoms. The molecule has 0 bridgehead atoms. The normalized spacial score (nSPS) is 9.25. The average molecular weight is 222 g/mol. The van der Waals surface area contributed by atoms with Gasteiger partial charge in [0.15, 0.2) is 5.56 Å². The summed E-state index contributed by atoms with van der Waals surface area (Å²) in [6, 6.07) is 3.52. The molecule has 0 atom stereocenters. The predicted molar refractivity (Wildman–Crippen MR) is 50.8 cm³/mol. The van der Waals surface area contributed by atoms with Crippen molar-refractivity contribution < 1.29 is 19.6 Å². The number of phenolic OH excluding ortho intramolecular Hbond substituents is 1. The highest BCUT2D eigenvalue weighted by Gasteiger charge is 2.27. The lowest BCUT2D eigenvalue weighted by atomic mass is 10.1. The van der Waals surface area contributed by atoms with Gasteiger partial charge in [-0.1, -0.05) is 0 Å². The number of methoxy groups -OCH3 is 1. The maximum atomic E-state index is 11.2. The number of nitro benzene ring substituents is 1. The topological polar surface area (TPSA) is 113 Å². The summed E-state index contributed by atoms with van der Waals surface area (Å²) in [6.45, 7) is 0. The fourth-order valence-corrected chi connectivity index (χ4v) is 1.16. The molecule has 1 rings (SSSR count). The first-order valence-electron chi connectivity index (χ1n) is 4.01. The van der Waals surface area contributed by atoms with Crippen LogP contribution in [0.3, 0.4) is 0 Å². The Morgan fingerprint density at radius 3 is 2.69 bits per heavy atom. The van der Waals surface area contributed by atoms with Gasteiger partial charge >= 0.3 is 11.7 Å². The van der Waals surface area contributed by atoms with Gasteiger partial charge in [-0.3, -0.25) is 10.1 Å². The zero-order valence-electron chi connectivity index (χ0n) is 8.13. The predicted octanol–water partition coefficient (Wildman–Crippen LogP) is 0.959. The number of benzene rings is 1. The molecule has 0 aliphatic carbocycles. The van der Waals surface area contributed by atoms with Crippen molar-refractivity contribution in [1.29, 1.82) is 5.26 Å². The smallest absolute Gasteiger partial charge is 0.344 e. The number of rotatable bonds is 2. The fourth-order valence-electron chi connectivity index (χ4n) is 1.16. The van der Waals surface area contributed by atoms with E-state index in [2.05, 4.69) is 4.74 Å². The van der Waals surface area contributed by atoms with Crippen LogP contribution in [0.2, 0.25) is 0 Å².